The van der Waals surface area contributed by atoms with Crippen molar-refractivity contribution in [2.75, 3.05) is 18.5 Å². The topological polar surface area (TPSA) is 69.6 Å². The smallest absolute Gasteiger partial charge is 0.335 e. The Morgan fingerprint density at radius 3 is 2.53 bits per heavy atom. The Kier molecular flexibility index (Phi) is 4.12. The van der Waals surface area contributed by atoms with E-state index >= 15 is 0 Å². The molecule has 4 nitrogen and oxygen atoms in total. The van der Waals surface area contributed by atoms with Gasteiger partial charge in [-0.3, -0.25) is 0 Å². The second-order valence-electron chi connectivity index (χ2n) is 5.01. The summed E-state index contributed by atoms with van der Waals surface area (Å²) in [5.41, 5.74) is 1.72. The van der Waals surface area contributed by atoms with E-state index in [1.54, 1.807) is 25.1 Å². The van der Waals surface area contributed by atoms with Crippen LogP contribution in [0, 0.1) is 12.3 Å². The molecule has 17 heavy (non-hydrogen) atoms. The molecule has 0 atom stereocenters. The van der Waals surface area contributed by atoms with E-state index in [1.165, 1.54) is 0 Å². The Balaban J connectivity index is 2.75. The summed E-state index contributed by atoms with van der Waals surface area (Å²) in [5, 5.41) is 21.2. The van der Waals surface area contributed by atoms with E-state index in [-0.39, 0.29) is 12.0 Å². The highest BCUT2D eigenvalue weighted by Gasteiger charge is 2.16. The second kappa shape index (κ2) is 5.19. The molecule has 1 aromatic rings. The van der Waals surface area contributed by atoms with Crippen molar-refractivity contribution in [1.82, 2.24) is 0 Å². The predicted octanol–water partition coefficient (Wildman–Crippen LogP) is 2.12. The molecule has 0 saturated heterocycles. The number of carboxylic acids is 1. The molecule has 94 valence electrons. The molecule has 0 amide bonds. The van der Waals surface area contributed by atoms with Crippen LogP contribution in [0.1, 0.15) is 29.8 Å². The summed E-state index contributed by atoms with van der Waals surface area (Å²) >= 11 is 0. The summed E-state index contributed by atoms with van der Waals surface area (Å²) in [6, 6.07) is 5.13. The van der Waals surface area contributed by atoms with E-state index in [0.717, 1.165) is 11.3 Å². The lowest BCUT2D eigenvalue weighted by Crippen LogP contribution is -2.26. The molecule has 0 aliphatic heterocycles. The van der Waals surface area contributed by atoms with Crippen LogP contribution in [-0.2, 0) is 0 Å². The van der Waals surface area contributed by atoms with Gasteiger partial charge < -0.3 is 15.5 Å². The van der Waals surface area contributed by atoms with Crippen LogP contribution in [-0.4, -0.2) is 29.3 Å². The summed E-state index contributed by atoms with van der Waals surface area (Å²) in [4.78, 5) is 10.8. The summed E-state index contributed by atoms with van der Waals surface area (Å²) in [5.74, 6) is -0.912. The number of rotatable bonds is 5. The number of carboxylic acid groups (broad SMARTS) is 1. The average Bonchev–Trinajstić information content (AvgIpc) is 2.26. The van der Waals surface area contributed by atoms with Crippen molar-refractivity contribution < 1.29 is 15.0 Å². The SMILES string of the molecule is Cc1cc(NCC(C)(C)CO)ccc1C(=O)O. The van der Waals surface area contributed by atoms with Crippen LogP contribution >= 0.6 is 0 Å². The maximum atomic E-state index is 10.8. The van der Waals surface area contributed by atoms with Crippen molar-refractivity contribution in [1.29, 1.82) is 0 Å². The van der Waals surface area contributed by atoms with Gasteiger partial charge in [0.15, 0.2) is 0 Å². The lowest BCUT2D eigenvalue weighted by Gasteiger charge is -2.22. The number of aliphatic hydroxyl groups is 1. The average molecular weight is 237 g/mol. The van der Waals surface area contributed by atoms with Gasteiger partial charge in [0.05, 0.1) is 5.56 Å². The fourth-order valence-electron chi connectivity index (χ4n) is 1.41. The van der Waals surface area contributed by atoms with Crippen molar-refractivity contribution in [2.45, 2.75) is 20.8 Å². The first-order chi connectivity index (χ1) is 7.85. The fourth-order valence-corrected chi connectivity index (χ4v) is 1.41. The first-order valence-corrected chi connectivity index (χ1v) is 5.54. The van der Waals surface area contributed by atoms with E-state index in [9.17, 15) is 4.79 Å². The normalized spacial score (nSPS) is 11.3. The zero-order chi connectivity index (χ0) is 13.1. The van der Waals surface area contributed by atoms with Crippen LogP contribution in [0.25, 0.3) is 0 Å². The molecule has 1 rings (SSSR count). The number of aromatic carboxylic acids is 1. The molecule has 0 fully saturated rings. The lowest BCUT2D eigenvalue weighted by molar-refractivity contribution is 0.0696. The molecule has 0 radical (unpaired) electrons. The minimum absolute atomic E-state index is 0.103. The van der Waals surface area contributed by atoms with Crippen LogP contribution < -0.4 is 5.32 Å². The maximum absolute atomic E-state index is 10.8. The van der Waals surface area contributed by atoms with Crippen molar-refractivity contribution in [2.24, 2.45) is 5.41 Å². The third-order valence-electron chi connectivity index (χ3n) is 2.66. The Morgan fingerprint density at radius 1 is 1.41 bits per heavy atom. The molecular weight excluding hydrogens is 218 g/mol. The molecule has 3 N–H and O–H groups in total. The molecule has 0 aliphatic carbocycles. The number of aryl methyl sites for hydroxylation is 1. The van der Waals surface area contributed by atoms with Crippen LogP contribution in [0.5, 0.6) is 0 Å². The molecule has 0 spiro atoms. The highest BCUT2D eigenvalue weighted by molar-refractivity contribution is 5.89. The molecule has 0 heterocycles. The third-order valence-corrected chi connectivity index (χ3v) is 2.66. The van der Waals surface area contributed by atoms with E-state index < -0.39 is 5.97 Å². The van der Waals surface area contributed by atoms with Crippen molar-refractivity contribution in [3.8, 4) is 0 Å². The summed E-state index contributed by atoms with van der Waals surface area (Å²) in [7, 11) is 0. The van der Waals surface area contributed by atoms with Gasteiger partial charge in [0.1, 0.15) is 0 Å². The summed E-state index contributed by atoms with van der Waals surface area (Å²) < 4.78 is 0. The minimum Gasteiger partial charge on any atom is -0.478 e. The first-order valence-electron chi connectivity index (χ1n) is 5.54. The number of aliphatic hydroxyl groups excluding tert-OH is 1. The number of carbonyl (C=O) groups is 1. The largest absolute Gasteiger partial charge is 0.478 e. The van der Waals surface area contributed by atoms with Gasteiger partial charge in [-0.15, -0.1) is 0 Å². The molecule has 0 unspecified atom stereocenters. The number of hydrogen-bond acceptors (Lipinski definition) is 3. The number of benzene rings is 1. The van der Waals surface area contributed by atoms with Crippen LogP contribution in [0.15, 0.2) is 18.2 Å². The lowest BCUT2D eigenvalue weighted by atomic mass is 9.95. The van der Waals surface area contributed by atoms with E-state index in [1.807, 2.05) is 13.8 Å². The first kappa shape index (κ1) is 13.5. The third kappa shape index (κ3) is 3.75. The second-order valence-corrected chi connectivity index (χ2v) is 5.01. The molecule has 0 aliphatic rings. The molecule has 0 saturated carbocycles. The number of hydrogen-bond donors (Lipinski definition) is 3. The monoisotopic (exact) mass is 237 g/mol. The van der Waals surface area contributed by atoms with Crippen molar-refractivity contribution in [3.63, 3.8) is 0 Å². The van der Waals surface area contributed by atoms with Gasteiger partial charge in [-0.1, -0.05) is 13.8 Å². The molecule has 1 aromatic carbocycles. The molecular formula is C13H19NO3. The fraction of sp³-hybridized carbons (Fsp3) is 0.462. The van der Waals surface area contributed by atoms with Crippen LogP contribution in [0.3, 0.4) is 0 Å². The van der Waals surface area contributed by atoms with Gasteiger partial charge in [0.25, 0.3) is 0 Å². The Bertz CT molecular complexity index is 413. The Morgan fingerprint density at radius 2 is 2.06 bits per heavy atom. The molecule has 0 bridgehead atoms. The van der Waals surface area contributed by atoms with Gasteiger partial charge >= 0.3 is 5.97 Å². The van der Waals surface area contributed by atoms with Gasteiger partial charge in [-0.25, -0.2) is 4.79 Å². The molecule has 0 aromatic heterocycles. The maximum Gasteiger partial charge on any atom is 0.335 e. The Labute approximate surface area is 101 Å². The van der Waals surface area contributed by atoms with Gasteiger partial charge in [0, 0.05) is 24.3 Å². The highest BCUT2D eigenvalue weighted by Crippen LogP contribution is 2.18. The van der Waals surface area contributed by atoms with E-state index in [4.69, 9.17) is 10.2 Å². The zero-order valence-electron chi connectivity index (χ0n) is 10.4. The van der Waals surface area contributed by atoms with Crippen molar-refractivity contribution in [3.05, 3.63) is 29.3 Å². The number of nitrogens with one attached hydrogen (secondary N) is 1. The van der Waals surface area contributed by atoms with Gasteiger partial charge in [0.2, 0.25) is 0 Å². The van der Waals surface area contributed by atoms with E-state index in [2.05, 4.69) is 5.32 Å². The quantitative estimate of drug-likeness (QED) is 0.733. The number of anilines is 1. The molecule has 4 heteroatoms. The van der Waals surface area contributed by atoms with E-state index in [0.29, 0.717) is 12.1 Å². The predicted molar refractivity (Wildman–Crippen MR) is 67.5 cm³/mol. The zero-order valence-corrected chi connectivity index (χ0v) is 10.4. The standard InChI is InChI=1S/C13H19NO3/c1-9-6-10(4-5-11(9)12(16)17)14-7-13(2,3)8-15/h4-6,14-15H,7-8H2,1-3H3,(H,16,17). The Hall–Kier alpha value is -1.55. The summed E-state index contributed by atoms with van der Waals surface area (Å²) in [6.45, 7) is 6.42. The van der Waals surface area contributed by atoms with Gasteiger partial charge in [-0.2, -0.15) is 0 Å². The summed E-state index contributed by atoms with van der Waals surface area (Å²) in [6.07, 6.45) is 0. The highest BCUT2D eigenvalue weighted by atomic mass is 16.4. The van der Waals surface area contributed by atoms with Crippen LogP contribution in [0.2, 0.25) is 0 Å². The minimum atomic E-state index is -0.912. The van der Waals surface area contributed by atoms with Gasteiger partial charge in [-0.05, 0) is 30.7 Å². The van der Waals surface area contributed by atoms with Crippen molar-refractivity contribution >= 4 is 11.7 Å². The van der Waals surface area contributed by atoms with Crippen LogP contribution in [0.4, 0.5) is 5.69 Å².